The topological polar surface area (TPSA) is 74.4 Å². The number of aromatic nitrogens is 2. The van der Waals surface area contributed by atoms with E-state index in [1.165, 1.54) is 10.7 Å². The fourth-order valence-corrected chi connectivity index (χ4v) is 3.71. The average Bonchev–Trinajstić information content (AvgIpc) is 3.30. The highest BCUT2D eigenvalue weighted by Crippen LogP contribution is 2.24. The van der Waals surface area contributed by atoms with Gasteiger partial charge in [0.15, 0.2) is 5.69 Å². The first kappa shape index (κ1) is 20.6. The number of piperazine rings is 1. The molecule has 31 heavy (non-hydrogen) atoms. The van der Waals surface area contributed by atoms with Crippen LogP contribution in [0.15, 0.2) is 60.8 Å². The SMILES string of the molecule is COc1ccc(C(C#N)N2CCN(C(=O)c3ccn(-c4ccccc4F)n3)CC2)cc1. The van der Waals surface area contributed by atoms with Crippen LogP contribution in [0.2, 0.25) is 0 Å². The van der Waals surface area contributed by atoms with Gasteiger partial charge in [-0.3, -0.25) is 9.69 Å². The number of methoxy groups -OCH3 is 1. The molecule has 0 spiro atoms. The summed E-state index contributed by atoms with van der Waals surface area (Å²) in [4.78, 5) is 16.6. The molecule has 1 atom stereocenters. The number of nitrogens with zero attached hydrogens (tertiary/aromatic N) is 5. The second-order valence-corrected chi connectivity index (χ2v) is 7.23. The number of nitriles is 1. The minimum absolute atomic E-state index is 0.201. The van der Waals surface area contributed by atoms with Gasteiger partial charge in [0.25, 0.3) is 5.91 Å². The molecule has 0 aliphatic carbocycles. The molecule has 8 heteroatoms. The molecule has 1 aliphatic rings. The number of halogens is 1. The van der Waals surface area contributed by atoms with Crippen molar-refractivity contribution in [2.45, 2.75) is 6.04 Å². The number of amides is 1. The maximum absolute atomic E-state index is 14.0. The van der Waals surface area contributed by atoms with E-state index in [0.29, 0.717) is 31.9 Å². The second kappa shape index (κ2) is 8.98. The quantitative estimate of drug-likeness (QED) is 0.636. The second-order valence-electron chi connectivity index (χ2n) is 7.23. The van der Waals surface area contributed by atoms with Crippen LogP contribution in [0.25, 0.3) is 5.69 Å². The Morgan fingerprint density at radius 2 is 1.81 bits per heavy atom. The summed E-state index contributed by atoms with van der Waals surface area (Å²) in [6.45, 7) is 2.12. The lowest BCUT2D eigenvalue weighted by Gasteiger charge is -2.36. The van der Waals surface area contributed by atoms with E-state index in [9.17, 15) is 14.4 Å². The summed E-state index contributed by atoms with van der Waals surface area (Å²) in [5.74, 6) is 0.137. The zero-order valence-corrected chi connectivity index (χ0v) is 17.1. The van der Waals surface area contributed by atoms with Gasteiger partial charge in [0.05, 0.1) is 13.2 Å². The Labute approximate surface area is 179 Å². The van der Waals surface area contributed by atoms with E-state index in [0.717, 1.165) is 11.3 Å². The van der Waals surface area contributed by atoms with E-state index in [2.05, 4.69) is 16.1 Å². The molecule has 1 fully saturated rings. The van der Waals surface area contributed by atoms with Gasteiger partial charge in [-0.05, 0) is 35.9 Å². The van der Waals surface area contributed by atoms with Gasteiger partial charge in [0.2, 0.25) is 0 Å². The zero-order valence-electron chi connectivity index (χ0n) is 17.1. The first-order valence-corrected chi connectivity index (χ1v) is 9.98. The molecule has 1 amide bonds. The third kappa shape index (κ3) is 4.27. The Morgan fingerprint density at radius 3 is 2.45 bits per heavy atom. The molecular formula is C23H22FN5O2. The fourth-order valence-electron chi connectivity index (χ4n) is 3.71. The summed E-state index contributed by atoms with van der Waals surface area (Å²) in [7, 11) is 1.60. The van der Waals surface area contributed by atoms with Crippen molar-refractivity contribution < 1.29 is 13.9 Å². The lowest BCUT2D eigenvalue weighted by Crippen LogP contribution is -2.49. The molecule has 1 aromatic heterocycles. The lowest BCUT2D eigenvalue weighted by molar-refractivity contribution is 0.0600. The Balaban J connectivity index is 1.41. The molecule has 4 rings (SSSR count). The largest absolute Gasteiger partial charge is 0.497 e. The predicted molar refractivity (Wildman–Crippen MR) is 112 cm³/mol. The van der Waals surface area contributed by atoms with Gasteiger partial charge in [-0.1, -0.05) is 24.3 Å². The number of carbonyl (C=O) groups is 1. The summed E-state index contributed by atoms with van der Waals surface area (Å²) in [5.41, 5.74) is 1.46. The van der Waals surface area contributed by atoms with Crippen LogP contribution < -0.4 is 4.74 Å². The van der Waals surface area contributed by atoms with Gasteiger partial charge >= 0.3 is 0 Å². The normalized spacial score (nSPS) is 15.3. The predicted octanol–water partition coefficient (Wildman–Crippen LogP) is 3.04. The maximum Gasteiger partial charge on any atom is 0.274 e. The van der Waals surface area contributed by atoms with Crippen LogP contribution in [-0.2, 0) is 0 Å². The summed E-state index contributed by atoms with van der Waals surface area (Å²) >= 11 is 0. The van der Waals surface area contributed by atoms with Crippen molar-refractivity contribution in [3.8, 4) is 17.5 Å². The molecule has 3 aromatic rings. The number of hydrogen-bond donors (Lipinski definition) is 0. The Bertz CT molecular complexity index is 1100. The summed E-state index contributed by atoms with van der Waals surface area (Å²) in [5, 5.41) is 14.0. The number of ether oxygens (including phenoxy) is 1. The first-order valence-electron chi connectivity index (χ1n) is 9.98. The average molecular weight is 419 g/mol. The van der Waals surface area contributed by atoms with E-state index >= 15 is 0 Å². The summed E-state index contributed by atoms with van der Waals surface area (Å²) in [6.07, 6.45) is 1.58. The van der Waals surface area contributed by atoms with Gasteiger partial charge < -0.3 is 9.64 Å². The monoisotopic (exact) mass is 419 g/mol. The minimum Gasteiger partial charge on any atom is -0.497 e. The minimum atomic E-state index is -0.403. The van der Waals surface area contributed by atoms with Gasteiger partial charge in [-0.25, -0.2) is 9.07 Å². The number of para-hydroxylation sites is 1. The van der Waals surface area contributed by atoms with Gasteiger partial charge in [-0.15, -0.1) is 0 Å². The molecule has 0 N–H and O–H groups in total. The number of hydrogen-bond acceptors (Lipinski definition) is 5. The molecule has 0 saturated carbocycles. The first-order chi connectivity index (χ1) is 15.1. The van der Waals surface area contributed by atoms with E-state index in [4.69, 9.17) is 4.74 Å². The fraction of sp³-hybridized carbons (Fsp3) is 0.261. The molecule has 1 saturated heterocycles. The standard InChI is InChI=1S/C23H22FN5O2/c1-31-18-8-6-17(7-9-18)22(16-25)27-12-14-28(15-13-27)23(30)20-10-11-29(26-20)21-5-3-2-4-19(21)24/h2-11,22H,12-15H2,1H3. The Kier molecular flexibility index (Phi) is 5.96. The zero-order chi connectivity index (χ0) is 21.8. The van der Waals surface area contributed by atoms with Gasteiger partial charge in [0.1, 0.15) is 23.3 Å². The van der Waals surface area contributed by atoms with Crippen molar-refractivity contribution in [3.05, 3.63) is 77.9 Å². The number of rotatable bonds is 5. The molecule has 1 unspecified atom stereocenters. The third-order valence-electron chi connectivity index (χ3n) is 5.43. The molecule has 1 aliphatic heterocycles. The summed E-state index contributed by atoms with van der Waals surface area (Å²) < 4.78 is 20.5. The van der Waals surface area contributed by atoms with Crippen molar-refractivity contribution in [2.75, 3.05) is 33.3 Å². The highest BCUT2D eigenvalue weighted by atomic mass is 19.1. The number of benzene rings is 2. The van der Waals surface area contributed by atoms with Crippen LogP contribution >= 0.6 is 0 Å². The van der Waals surface area contributed by atoms with E-state index in [1.54, 1.807) is 42.5 Å². The van der Waals surface area contributed by atoms with Crippen LogP contribution in [-0.4, -0.2) is 58.8 Å². The van der Waals surface area contributed by atoms with Crippen LogP contribution in [0, 0.1) is 17.1 Å². The van der Waals surface area contributed by atoms with Gasteiger partial charge in [-0.2, -0.15) is 10.4 Å². The smallest absolute Gasteiger partial charge is 0.274 e. The van der Waals surface area contributed by atoms with Gasteiger partial charge in [0, 0.05) is 32.4 Å². The van der Waals surface area contributed by atoms with Crippen molar-refractivity contribution in [3.63, 3.8) is 0 Å². The molecule has 7 nitrogen and oxygen atoms in total. The third-order valence-corrected chi connectivity index (χ3v) is 5.43. The van der Waals surface area contributed by atoms with Crippen LogP contribution in [0.1, 0.15) is 22.1 Å². The molecule has 0 radical (unpaired) electrons. The number of carbonyl (C=O) groups excluding carboxylic acids is 1. The van der Waals surface area contributed by atoms with E-state index in [-0.39, 0.29) is 17.6 Å². The van der Waals surface area contributed by atoms with E-state index in [1.807, 2.05) is 24.3 Å². The lowest BCUT2D eigenvalue weighted by atomic mass is 10.1. The van der Waals surface area contributed by atoms with Crippen molar-refractivity contribution in [2.24, 2.45) is 0 Å². The van der Waals surface area contributed by atoms with Crippen molar-refractivity contribution in [1.82, 2.24) is 19.6 Å². The van der Waals surface area contributed by atoms with Crippen LogP contribution in [0.4, 0.5) is 4.39 Å². The molecule has 0 bridgehead atoms. The molecule has 158 valence electrons. The molecule has 2 aromatic carbocycles. The highest BCUT2D eigenvalue weighted by Gasteiger charge is 2.28. The molecular weight excluding hydrogens is 397 g/mol. The van der Waals surface area contributed by atoms with Crippen molar-refractivity contribution >= 4 is 5.91 Å². The van der Waals surface area contributed by atoms with E-state index < -0.39 is 5.82 Å². The van der Waals surface area contributed by atoms with Crippen molar-refractivity contribution in [1.29, 1.82) is 5.26 Å². The maximum atomic E-state index is 14.0. The highest BCUT2D eigenvalue weighted by molar-refractivity contribution is 5.92. The summed E-state index contributed by atoms with van der Waals surface area (Å²) in [6, 6.07) is 17.3. The Morgan fingerprint density at radius 1 is 1.10 bits per heavy atom. The molecule has 2 heterocycles. The van der Waals surface area contributed by atoms with Crippen LogP contribution in [0.5, 0.6) is 5.75 Å². The Hall–Kier alpha value is -3.70. The van der Waals surface area contributed by atoms with Crippen LogP contribution in [0.3, 0.4) is 0 Å².